The minimum absolute atomic E-state index is 0.0764. The number of ketones is 1. The number of Topliss-reactive ketones (excluding diaryl/α,β-unsaturated/α-hetero) is 1. The average Bonchev–Trinajstić information content (AvgIpc) is 2.47. The van der Waals surface area contributed by atoms with Crippen molar-refractivity contribution in [2.75, 3.05) is 5.88 Å². The van der Waals surface area contributed by atoms with E-state index in [0.29, 0.717) is 0 Å². The molecule has 0 fully saturated rings. The number of nitrogens with zero attached hydrogens (tertiary/aromatic N) is 2. The number of allylic oxidation sites excluding steroid dienone is 1. The maximum absolute atomic E-state index is 12.3. The summed E-state index contributed by atoms with van der Waals surface area (Å²) in [6.45, 7) is 3.01. The molecule has 0 spiro atoms. The van der Waals surface area contributed by atoms with Crippen LogP contribution in [0.2, 0.25) is 5.02 Å². The van der Waals surface area contributed by atoms with E-state index in [1.54, 1.807) is 6.07 Å². The van der Waals surface area contributed by atoms with Crippen molar-refractivity contribution in [2.24, 2.45) is 5.41 Å². The predicted molar refractivity (Wildman–Crippen MR) is 82.8 cm³/mol. The smallest absolute Gasteiger partial charge is 0.281 e. The largest absolute Gasteiger partial charge is 0.506 e. The molecule has 1 aromatic carbocycles. The van der Waals surface area contributed by atoms with Gasteiger partial charge < -0.3 is 5.11 Å². The van der Waals surface area contributed by atoms with Crippen LogP contribution in [0.1, 0.15) is 19.4 Å². The number of halogens is 2. The lowest BCUT2D eigenvalue weighted by Gasteiger charge is -2.19. The summed E-state index contributed by atoms with van der Waals surface area (Å²) in [6, 6.07) is 5.10. The number of benzene rings is 1. The van der Waals surface area contributed by atoms with Gasteiger partial charge >= 0.3 is 0 Å². The topological polar surface area (TPSA) is 104 Å². The van der Waals surface area contributed by atoms with E-state index in [1.807, 2.05) is 0 Å². The van der Waals surface area contributed by atoms with E-state index < -0.39 is 33.1 Å². The summed E-state index contributed by atoms with van der Waals surface area (Å²) in [5, 5.41) is 30.4. The average molecular weight is 343 g/mol. The number of aliphatic hydroxyl groups is 1. The molecule has 1 rings (SSSR count). The van der Waals surface area contributed by atoms with E-state index in [-0.39, 0.29) is 16.5 Å². The Kier molecular flexibility index (Phi) is 5.53. The summed E-state index contributed by atoms with van der Waals surface area (Å²) >= 11 is 11.4. The molecule has 0 bridgehead atoms. The van der Waals surface area contributed by atoms with Crippen LogP contribution in [0.25, 0.3) is 5.76 Å². The Morgan fingerprint density at radius 2 is 2.09 bits per heavy atom. The van der Waals surface area contributed by atoms with Crippen molar-refractivity contribution in [3.8, 4) is 6.07 Å². The zero-order valence-electron chi connectivity index (χ0n) is 11.8. The van der Waals surface area contributed by atoms with Crippen LogP contribution >= 0.6 is 23.2 Å². The van der Waals surface area contributed by atoms with Crippen LogP contribution < -0.4 is 0 Å². The first kappa shape index (κ1) is 18.0. The van der Waals surface area contributed by atoms with Gasteiger partial charge in [0.1, 0.15) is 11.6 Å². The standard InChI is InChI=1S/C14H12Cl2N2O4/c1-14(2,7-15)13(20)10(6-17)12(19)9-4-3-8(16)5-11(9)18(21)22/h3-5,19H,7H2,1-2H3. The number of hydrogen-bond donors (Lipinski definition) is 1. The van der Waals surface area contributed by atoms with Crippen LogP contribution in [0.3, 0.4) is 0 Å². The van der Waals surface area contributed by atoms with E-state index >= 15 is 0 Å². The first-order chi connectivity index (χ1) is 10.2. The first-order valence-electron chi connectivity index (χ1n) is 6.04. The Morgan fingerprint density at radius 1 is 1.50 bits per heavy atom. The fourth-order valence-electron chi connectivity index (χ4n) is 1.60. The number of rotatable bonds is 5. The molecular formula is C14H12Cl2N2O4. The van der Waals surface area contributed by atoms with Gasteiger partial charge in [-0.2, -0.15) is 5.26 Å². The van der Waals surface area contributed by atoms with Gasteiger partial charge in [-0.15, -0.1) is 11.6 Å². The van der Waals surface area contributed by atoms with Crippen LogP contribution in [0, 0.1) is 26.9 Å². The molecule has 0 saturated heterocycles. The fraction of sp³-hybridized carbons (Fsp3) is 0.286. The Bertz CT molecular complexity index is 705. The molecule has 0 unspecified atom stereocenters. The molecule has 6 nitrogen and oxygen atoms in total. The molecule has 0 saturated carbocycles. The lowest BCUT2D eigenvalue weighted by molar-refractivity contribution is -0.385. The zero-order chi connectivity index (χ0) is 17.1. The summed E-state index contributed by atoms with van der Waals surface area (Å²) in [5.74, 6) is -1.55. The van der Waals surface area contributed by atoms with Gasteiger partial charge in [-0.3, -0.25) is 14.9 Å². The first-order valence-corrected chi connectivity index (χ1v) is 6.95. The van der Waals surface area contributed by atoms with Gasteiger partial charge in [0.15, 0.2) is 11.5 Å². The van der Waals surface area contributed by atoms with Gasteiger partial charge in [-0.1, -0.05) is 25.4 Å². The minimum atomic E-state index is -1.10. The second-order valence-electron chi connectivity index (χ2n) is 5.10. The van der Waals surface area contributed by atoms with Crippen molar-refractivity contribution in [2.45, 2.75) is 13.8 Å². The summed E-state index contributed by atoms with van der Waals surface area (Å²) in [6.07, 6.45) is 0. The fourth-order valence-corrected chi connectivity index (χ4v) is 1.89. The van der Waals surface area contributed by atoms with Crippen molar-refractivity contribution in [1.29, 1.82) is 5.26 Å². The summed E-state index contributed by atoms with van der Waals surface area (Å²) in [4.78, 5) is 22.5. The van der Waals surface area contributed by atoms with Crippen LogP contribution in [-0.4, -0.2) is 21.7 Å². The second-order valence-corrected chi connectivity index (χ2v) is 5.80. The summed E-state index contributed by atoms with van der Waals surface area (Å²) in [7, 11) is 0. The lowest BCUT2D eigenvalue weighted by atomic mass is 9.85. The minimum Gasteiger partial charge on any atom is -0.506 e. The monoisotopic (exact) mass is 342 g/mol. The van der Waals surface area contributed by atoms with Gasteiger partial charge in [-0.05, 0) is 12.1 Å². The molecule has 8 heteroatoms. The normalized spacial score (nSPS) is 12.3. The van der Waals surface area contributed by atoms with Crippen LogP contribution in [-0.2, 0) is 4.79 Å². The Morgan fingerprint density at radius 3 is 2.55 bits per heavy atom. The van der Waals surface area contributed by atoms with Gasteiger partial charge in [0.2, 0.25) is 0 Å². The molecule has 1 aromatic rings. The number of aliphatic hydroxyl groups excluding tert-OH is 1. The molecule has 0 radical (unpaired) electrons. The van der Waals surface area contributed by atoms with Crippen LogP contribution in [0.5, 0.6) is 0 Å². The van der Waals surface area contributed by atoms with Crippen LogP contribution in [0.15, 0.2) is 23.8 Å². The lowest BCUT2D eigenvalue weighted by Crippen LogP contribution is -2.28. The molecule has 116 valence electrons. The molecular weight excluding hydrogens is 331 g/mol. The highest BCUT2D eigenvalue weighted by atomic mass is 35.5. The molecule has 0 heterocycles. The van der Waals surface area contributed by atoms with Gasteiger partial charge in [0.25, 0.3) is 5.69 Å². The van der Waals surface area contributed by atoms with Crippen molar-refractivity contribution < 1.29 is 14.8 Å². The SMILES string of the molecule is CC(C)(CCl)C(=O)C(C#N)=C(O)c1ccc(Cl)cc1[N+](=O)[O-]. The van der Waals surface area contributed by atoms with Gasteiger partial charge in [-0.25, -0.2) is 0 Å². The molecule has 0 atom stereocenters. The molecule has 22 heavy (non-hydrogen) atoms. The van der Waals surface area contributed by atoms with Crippen LogP contribution in [0.4, 0.5) is 5.69 Å². The van der Waals surface area contributed by atoms with Crippen molar-refractivity contribution in [3.63, 3.8) is 0 Å². The number of alkyl halides is 1. The maximum atomic E-state index is 12.3. The second kappa shape index (κ2) is 6.77. The Balaban J connectivity index is 3.57. The maximum Gasteiger partial charge on any atom is 0.281 e. The van der Waals surface area contributed by atoms with Crippen molar-refractivity contribution >= 4 is 40.4 Å². The number of nitriles is 1. The Hall–Kier alpha value is -2.10. The number of hydrogen-bond acceptors (Lipinski definition) is 5. The Labute approximate surface area is 136 Å². The molecule has 0 amide bonds. The number of carbonyl (C=O) groups excluding carboxylic acids is 1. The molecule has 1 N–H and O–H groups in total. The van der Waals surface area contributed by atoms with E-state index in [1.165, 1.54) is 26.0 Å². The summed E-state index contributed by atoms with van der Waals surface area (Å²) < 4.78 is 0. The quantitative estimate of drug-likeness (QED) is 0.218. The van der Waals surface area contributed by atoms with E-state index in [4.69, 9.17) is 28.5 Å². The third kappa shape index (κ3) is 3.56. The third-order valence-electron chi connectivity index (χ3n) is 2.94. The van der Waals surface area contributed by atoms with E-state index in [9.17, 15) is 20.0 Å². The molecule has 0 aromatic heterocycles. The highest BCUT2D eigenvalue weighted by Crippen LogP contribution is 2.32. The number of carbonyl (C=O) groups is 1. The summed E-state index contributed by atoms with van der Waals surface area (Å²) in [5.41, 5.74) is -2.45. The predicted octanol–water partition coefficient (Wildman–Crippen LogP) is 3.87. The molecule has 0 aliphatic heterocycles. The molecule has 0 aliphatic carbocycles. The highest BCUT2D eigenvalue weighted by Gasteiger charge is 2.33. The van der Waals surface area contributed by atoms with Gasteiger partial charge in [0.05, 0.1) is 10.5 Å². The zero-order valence-corrected chi connectivity index (χ0v) is 13.3. The number of nitro benzene ring substituents is 1. The van der Waals surface area contributed by atoms with E-state index in [2.05, 4.69) is 0 Å². The number of nitro groups is 1. The van der Waals surface area contributed by atoms with Crippen molar-refractivity contribution in [1.82, 2.24) is 0 Å². The highest BCUT2D eigenvalue weighted by molar-refractivity contribution is 6.30. The third-order valence-corrected chi connectivity index (χ3v) is 3.84. The molecule has 0 aliphatic rings. The van der Waals surface area contributed by atoms with Crippen molar-refractivity contribution in [3.05, 3.63) is 44.5 Å². The van der Waals surface area contributed by atoms with E-state index in [0.717, 1.165) is 6.07 Å². The van der Waals surface area contributed by atoms with Gasteiger partial charge in [0, 0.05) is 22.4 Å².